The van der Waals surface area contributed by atoms with Crippen LogP contribution in [0.3, 0.4) is 0 Å². The van der Waals surface area contributed by atoms with E-state index in [1.54, 1.807) is 6.07 Å². The molecule has 1 aromatic carbocycles. The molecular weight excluding hydrogens is 250 g/mol. The van der Waals surface area contributed by atoms with Gasteiger partial charge in [-0.05, 0) is 13.0 Å². The second kappa shape index (κ2) is 5.17. The summed E-state index contributed by atoms with van der Waals surface area (Å²) in [6.45, 7) is 1.95. The Bertz CT molecular complexity index is 514. The molecule has 0 radical (unpaired) electrons. The fraction of sp³-hybridized carbons (Fsp3) is 0.385. The van der Waals surface area contributed by atoms with E-state index < -0.39 is 18.1 Å². The van der Waals surface area contributed by atoms with Crippen LogP contribution in [-0.2, 0) is 16.1 Å². The van der Waals surface area contributed by atoms with Gasteiger partial charge in [0.1, 0.15) is 12.4 Å². The van der Waals surface area contributed by atoms with Gasteiger partial charge in [0.2, 0.25) is 0 Å². The lowest BCUT2D eigenvalue weighted by Crippen LogP contribution is -2.38. The summed E-state index contributed by atoms with van der Waals surface area (Å²) in [5.74, 6) is -0.452. The molecule has 0 aliphatic carbocycles. The van der Waals surface area contributed by atoms with E-state index in [1.165, 1.54) is 12.0 Å². The van der Waals surface area contributed by atoms with Crippen molar-refractivity contribution in [2.75, 3.05) is 13.7 Å². The van der Waals surface area contributed by atoms with Crippen molar-refractivity contribution in [3.8, 4) is 5.75 Å². The van der Waals surface area contributed by atoms with Crippen LogP contribution in [0, 0.1) is 6.92 Å². The first kappa shape index (κ1) is 13.2. The number of aliphatic carboxylic acids is 1. The average molecular weight is 265 g/mol. The van der Waals surface area contributed by atoms with Crippen LogP contribution in [0.5, 0.6) is 5.75 Å². The van der Waals surface area contributed by atoms with Crippen LogP contribution in [0.15, 0.2) is 18.2 Å². The van der Waals surface area contributed by atoms with Gasteiger partial charge in [0.25, 0.3) is 0 Å². The first-order valence-corrected chi connectivity index (χ1v) is 5.82. The second-order valence-electron chi connectivity index (χ2n) is 4.37. The van der Waals surface area contributed by atoms with E-state index in [-0.39, 0.29) is 13.2 Å². The molecule has 0 saturated carbocycles. The van der Waals surface area contributed by atoms with Gasteiger partial charge in [-0.15, -0.1) is 0 Å². The number of rotatable bonds is 4. The number of hydrogen-bond donors (Lipinski definition) is 1. The normalized spacial score (nSPS) is 18.3. The quantitative estimate of drug-likeness (QED) is 0.890. The van der Waals surface area contributed by atoms with Crippen LogP contribution in [0.4, 0.5) is 4.79 Å². The van der Waals surface area contributed by atoms with E-state index in [4.69, 9.17) is 14.6 Å². The summed E-state index contributed by atoms with van der Waals surface area (Å²) in [6.07, 6.45) is -0.615. The monoisotopic (exact) mass is 265 g/mol. The number of hydrogen-bond acceptors (Lipinski definition) is 4. The largest absolute Gasteiger partial charge is 0.496 e. The van der Waals surface area contributed by atoms with Gasteiger partial charge in [-0.25, -0.2) is 9.59 Å². The number of aryl methyl sites for hydroxylation is 1. The molecule has 1 N–H and O–H groups in total. The molecule has 0 aromatic heterocycles. The molecule has 6 heteroatoms. The van der Waals surface area contributed by atoms with Crippen molar-refractivity contribution in [2.45, 2.75) is 19.5 Å². The molecule has 1 amide bonds. The fourth-order valence-electron chi connectivity index (χ4n) is 2.04. The fourth-order valence-corrected chi connectivity index (χ4v) is 2.04. The zero-order valence-electron chi connectivity index (χ0n) is 10.8. The maximum Gasteiger partial charge on any atom is 0.411 e. The summed E-state index contributed by atoms with van der Waals surface area (Å²) in [5, 5.41) is 9.06. The molecule has 6 nitrogen and oxygen atoms in total. The summed E-state index contributed by atoms with van der Waals surface area (Å²) >= 11 is 0. The van der Waals surface area contributed by atoms with Crippen molar-refractivity contribution in [1.29, 1.82) is 0 Å². The molecule has 1 atom stereocenters. The molecule has 1 heterocycles. The van der Waals surface area contributed by atoms with E-state index >= 15 is 0 Å². The lowest BCUT2D eigenvalue weighted by molar-refractivity contribution is -0.141. The third kappa shape index (κ3) is 2.62. The summed E-state index contributed by atoms with van der Waals surface area (Å²) in [4.78, 5) is 23.8. The molecule has 1 saturated heterocycles. The molecule has 0 spiro atoms. The SMILES string of the molecule is COc1ccc(C)cc1CN1C(=O)OCC1C(=O)O. The Balaban J connectivity index is 2.26. The molecule has 1 fully saturated rings. The van der Waals surface area contributed by atoms with Gasteiger partial charge in [-0.2, -0.15) is 0 Å². The molecule has 1 aliphatic heterocycles. The van der Waals surface area contributed by atoms with Crippen LogP contribution in [0.25, 0.3) is 0 Å². The van der Waals surface area contributed by atoms with Crippen molar-refractivity contribution < 1.29 is 24.2 Å². The van der Waals surface area contributed by atoms with Gasteiger partial charge >= 0.3 is 12.1 Å². The third-order valence-corrected chi connectivity index (χ3v) is 3.04. The Morgan fingerprint density at radius 3 is 2.95 bits per heavy atom. The van der Waals surface area contributed by atoms with Gasteiger partial charge in [0.05, 0.1) is 13.7 Å². The number of carboxylic acid groups (broad SMARTS) is 1. The molecule has 0 bridgehead atoms. The lowest BCUT2D eigenvalue weighted by Gasteiger charge is -2.19. The Hall–Kier alpha value is -2.24. The Morgan fingerprint density at radius 1 is 1.58 bits per heavy atom. The van der Waals surface area contributed by atoms with Crippen molar-refractivity contribution in [2.24, 2.45) is 0 Å². The number of methoxy groups -OCH3 is 1. The molecule has 2 rings (SSSR count). The Labute approximate surface area is 110 Å². The highest BCUT2D eigenvalue weighted by atomic mass is 16.6. The standard InChI is InChI=1S/C13H15NO5/c1-8-3-4-11(18-2)9(5-8)6-14-10(12(15)16)7-19-13(14)17/h3-5,10H,6-7H2,1-2H3,(H,15,16). The molecular formula is C13H15NO5. The number of ether oxygens (including phenoxy) is 2. The predicted octanol–water partition coefficient (Wildman–Crippen LogP) is 1.41. The van der Waals surface area contributed by atoms with Gasteiger partial charge in [-0.3, -0.25) is 4.90 Å². The van der Waals surface area contributed by atoms with Crippen LogP contribution in [0.2, 0.25) is 0 Å². The molecule has 19 heavy (non-hydrogen) atoms. The molecule has 1 aromatic rings. The average Bonchev–Trinajstić information content (AvgIpc) is 2.72. The number of carboxylic acids is 1. The van der Waals surface area contributed by atoms with Gasteiger partial charge in [0, 0.05) is 5.56 Å². The Kier molecular flexibility index (Phi) is 3.59. The first-order chi connectivity index (χ1) is 9.02. The summed E-state index contributed by atoms with van der Waals surface area (Å²) in [6, 6.07) is 4.60. The van der Waals surface area contributed by atoms with E-state index in [2.05, 4.69) is 0 Å². The topological polar surface area (TPSA) is 76.1 Å². The zero-order valence-corrected chi connectivity index (χ0v) is 10.8. The van der Waals surface area contributed by atoms with Crippen molar-refractivity contribution in [3.05, 3.63) is 29.3 Å². The number of carbonyl (C=O) groups is 2. The first-order valence-electron chi connectivity index (χ1n) is 5.82. The minimum atomic E-state index is -1.07. The smallest absolute Gasteiger partial charge is 0.411 e. The molecule has 1 aliphatic rings. The highest BCUT2D eigenvalue weighted by Crippen LogP contribution is 2.24. The minimum Gasteiger partial charge on any atom is -0.496 e. The minimum absolute atomic E-state index is 0.123. The van der Waals surface area contributed by atoms with Gasteiger partial charge in [0.15, 0.2) is 6.04 Å². The number of cyclic esters (lactones) is 1. The summed E-state index contributed by atoms with van der Waals surface area (Å²) in [5.41, 5.74) is 1.77. The number of nitrogens with zero attached hydrogens (tertiary/aromatic N) is 1. The van der Waals surface area contributed by atoms with E-state index in [1.807, 2.05) is 19.1 Å². The second-order valence-corrected chi connectivity index (χ2v) is 4.37. The zero-order chi connectivity index (χ0) is 14.0. The molecule has 102 valence electrons. The van der Waals surface area contributed by atoms with Crippen LogP contribution in [0.1, 0.15) is 11.1 Å². The lowest BCUT2D eigenvalue weighted by atomic mass is 10.1. The van der Waals surface area contributed by atoms with Crippen LogP contribution in [-0.4, -0.2) is 41.8 Å². The highest BCUT2D eigenvalue weighted by molar-refractivity contribution is 5.83. The van der Waals surface area contributed by atoms with Crippen molar-refractivity contribution in [1.82, 2.24) is 4.90 Å². The summed E-state index contributed by atoms with van der Waals surface area (Å²) in [7, 11) is 1.53. The highest BCUT2D eigenvalue weighted by Gasteiger charge is 2.38. The van der Waals surface area contributed by atoms with Crippen molar-refractivity contribution in [3.63, 3.8) is 0 Å². The number of carbonyl (C=O) groups excluding carboxylic acids is 1. The van der Waals surface area contributed by atoms with Crippen molar-refractivity contribution >= 4 is 12.1 Å². The number of amides is 1. The summed E-state index contributed by atoms with van der Waals surface area (Å²) < 4.78 is 10.00. The molecule has 1 unspecified atom stereocenters. The van der Waals surface area contributed by atoms with Crippen LogP contribution >= 0.6 is 0 Å². The third-order valence-electron chi connectivity index (χ3n) is 3.04. The van der Waals surface area contributed by atoms with E-state index in [0.29, 0.717) is 5.75 Å². The maximum atomic E-state index is 11.6. The maximum absolute atomic E-state index is 11.6. The van der Waals surface area contributed by atoms with E-state index in [9.17, 15) is 9.59 Å². The predicted molar refractivity (Wildman–Crippen MR) is 66.0 cm³/mol. The van der Waals surface area contributed by atoms with E-state index in [0.717, 1.165) is 11.1 Å². The number of benzene rings is 1. The van der Waals surface area contributed by atoms with Gasteiger partial charge in [-0.1, -0.05) is 17.7 Å². The van der Waals surface area contributed by atoms with Crippen LogP contribution < -0.4 is 4.74 Å². The Morgan fingerprint density at radius 2 is 2.32 bits per heavy atom. The van der Waals surface area contributed by atoms with Gasteiger partial charge < -0.3 is 14.6 Å².